The molecule has 360 valence electrons. The zero-order chi connectivity index (χ0) is 47.6. The van der Waals surface area contributed by atoms with E-state index in [-0.39, 0.29) is 26.4 Å². The van der Waals surface area contributed by atoms with Crippen LogP contribution in [-0.4, -0.2) is 61.1 Å². The molecule has 7 aromatic rings. The van der Waals surface area contributed by atoms with Gasteiger partial charge in [-0.2, -0.15) is 0 Å². The molecule has 10 heteroatoms. The highest BCUT2D eigenvalue weighted by Crippen LogP contribution is 2.41. The van der Waals surface area contributed by atoms with Gasteiger partial charge in [0.25, 0.3) is 0 Å². The van der Waals surface area contributed by atoms with Crippen LogP contribution < -0.4 is 0 Å². The van der Waals surface area contributed by atoms with Crippen LogP contribution in [0.3, 0.4) is 0 Å². The first-order valence-corrected chi connectivity index (χ1v) is 24.8. The second-order valence-electron chi connectivity index (χ2n) is 17.3. The Morgan fingerprint density at radius 3 is 1.21 bits per heavy atom. The van der Waals surface area contributed by atoms with Gasteiger partial charge in [-0.05, 0) is 45.5 Å². The van der Waals surface area contributed by atoms with Gasteiger partial charge in [0.15, 0.2) is 0 Å². The zero-order valence-corrected chi connectivity index (χ0v) is 40.0. The molecule has 70 heavy (non-hydrogen) atoms. The van der Waals surface area contributed by atoms with Crippen molar-refractivity contribution in [2.75, 3.05) is 6.61 Å². The smallest absolute Gasteiger partial charge is 0.229 e. The first-order chi connectivity index (χ1) is 34.6. The van der Waals surface area contributed by atoms with Gasteiger partial charge in [0.1, 0.15) is 53.9 Å². The van der Waals surface area contributed by atoms with Crippen molar-refractivity contribution >= 4 is 11.8 Å². The van der Waals surface area contributed by atoms with Gasteiger partial charge in [0.2, 0.25) is 6.29 Å². The van der Waals surface area contributed by atoms with Crippen molar-refractivity contribution in [3.05, 3.63) is 258 Å². The average Bonchev–Trinajstić information content (AvgIpc) is 3.41. The molecule has 0 N–H and O–H groups in total. The SMILES string of the molecule is C=C1O[C@H](O[C@H]2[C@H](OCc3ccccc3)[C@@H](OCc3ccccc3)[C@H](Sc3ccccc3)O[C@@H]2COCc2ccccc2)[C@H](OCc2ccccc2)[C@@H](OCc2ccccc2)[C@@H]1OCc1ccccc1. The van der Waals surface area contributed by atoms with E-state index in [1.54, 1.807) is 11.8 Å². The molecule has 0 aliphatic carbocycles. The average molecular weight is 957 g/mol. The molecule has 0 bridgehead atoms. The minimum Gasteiger partial charge on any atom is -0.464 e. The van der Waals surface area contributed by atoms with E-state index in [0.29, 0.717) is 25.6 Å². The van der Waals surface area contributed by atoms with Crippen LogP contribution >= 0.6 is 11.8 Å². The summed E-state index contributed by atoms with van der Waals surface area (Å²) in [6.45, 7) is 6.40. The van der Waals surface area contributed by atoms with E-state index in [1.807, 2.05) is 176 Å². The Balaban J connectivity index is 1.10. The van der Waals surface area contributed by atoms with E-state index in [9.17, 15) is 0 Å². The van der Waals surface area contributed by atoms with E-state index >= 15 is 0 Å². The van der Waals surface area contributed by atoms with Crippen molar-refractivity contribution in [3.63, 3.8) is 0 Å². The topological polar surface area (TPSA) is 83.1 Å². The predicted molar refractivity (Wildman–Crippen MR) is 271 cm³/mol. The summed E-state index contributed by atoms with van der Waals surface area (Å²) >= 11 is 1.59. The molecule has 7 aromatic carbocycles. The predicted octanol–water partition coefficient (Wildman–Crippen LogP) is 11.9. The Morgan fingerprint density at radius 2 is 0.757 bits per heavy atom. The maximum absolute atomic E-state index is 7.43. The molecule has 9 atom stereocenters. The zero-order valence-electron chi connectivity index (χ0n) is 39.1. The summed E-state index contributed by atoms with van der Waals surface area (Å²) in [7, 11) is 0. The monoisotopic (exact) mass is 956 g/mol. The van der Waals surface area contributed by atoms with Crippen molar-refractivity contribution in [1.29, 1.82) is 0 Å². The summed E-state index contributed by atoms with van der Waals surface area (Å²) in [6, 6.07) is 70.7. The summed E-state index contributed by atoms with van der Waals surface area (Å²) in [6.07, 6.45) is -6.23. The lowest BCUT2D eigenvalue weighted by molar-refractivity contribution is -0.327. The normalized spacial score (nSPS) is 23.4. The van der Waals surface area contributed by atoms with Crippen molar-refractivity contribution in [2.45, 2.75) is 99.0 Å². The molecule has 0 amide bonds. The molecule has 0 unspecified atom stereocenters. The number of benzene rings is 7. The van der Waals surface area contributed by atoms with Crippen molar-refractivity contribution in [1.82, 2.24) is 0 Å². The summed E-state index contributed by atoms with van der Waals surface area (Å²) in [5, 5.41) is 0. The second kappa shape index (κ2) is 25.8. The highest BCUT2D eigenvalue weighted by atomic mass is 32.2. The second-order valence-corrected chi connectivity index (χ2v) is 18.5. The van der Waals surface area contributed by atoms with Gasteiger partial charge in [-0.3, -0.25) is 0 Å². The molecule has 2 aliphatic rings. The van der Waals surface area contributed by atoms with Crippen molar-refractivity contribution < 1.29 is 42.6 Å². The fourth-order valence-corrected chi connectivity index (χ4v) is 9.71. The van der Waals surface area contributed by atoms with Gasteiger partial charge in [0, 0.05) is 4.90 Å². The lowest BCUT2D eigenvalue weighted by Gasteiger charge is -2.49. The van der Waals surface area contributed by atoms with Gasteiger partial charge >= 0.3 is 0 Å². The van der Waals surface area contributed by atoms with Crippen LogP contribution in [0.4, 0.5) is 0 Å². The van der Waals surface area contributed by atoms with Gasteiger partial charge < -0.3 is 42.6 Å². The third-order valence-electron chi connectivity index (χ3n) is 12.2. The standard InChI is InChI=1S/C60H60O9S/c1-44-53(62-38-46-25-11-3-12-26-46)55(63-39-47-27-13-4-14-28-47)57(65-41-49-31-17-6-18-32-49)59(67-44)69-54-52(43-61-37-45-23-9-2-10-24-45)68-60(70-51-35-21-8-22-36-51)58(66-42-50-33-19-7-20-34-50)56(54)64-40-48-29-15-5-16-30-48/h2-36,52-60H,1,37-43H2/t52-,53-,54-,55+,56+,57-,58-,59-,60+/m1/s1. The molecule has 0 spiro atoms. The lowest BCUT2D eigenvalue weighted by Crippen LogP contribution is -2.63. The fourth-order valence-electron chi connectivity index (χ4n) is 8.56. The number of thioether (sulfide) groups is 1. The molecule has 2 aliphatic heterocycles. The highest BCUT2D eigenvalue weighted by Gasteiger charge is 2.53. The van der Waals surface area contributed by atoms with Crippen LogP contribution in [0.2, 0.25) is 0 Å². The Hall–Kier alpha value is -5.89. The Bertz CT molecular complexity index is 2560. The molecule has 9 nitrogen and oxygen atoms in total. The maximum Gasteiger partial charge on any atom is 0.229 e. The first kappa shape index (κ1) is 49.1. The number of ether oxygens (including phenoxy) is 9. The Morgan fingerprint density at radius 1 is 0.386 bits per heavy atom. The lowest BCUT2D eigenvalue weighted by atomic mass is 9.97. The third-order valence-corrected chi connectivity index (χ3v) is 13.3. The van der Waals surface area contributed by atoms with E-state index in [4.69, 9.17) is 42.6 Å². The van der Waals surface area contributed by atoms with Crippen LogP contribution in [0.15, 0.2) is 230 Å². The molecular formula is C60H60O9S. The third kappa shape index (κ3) is 13.9. The van der Waals surface area contributed by atoms with Crippen LogP contribution in [0, 0.1) is 0 Å². The van der Waals surface area contributed by atoms with Gasteiger partial charge in [-0.25, -0.2) is 0 Å². The quantitative estimate of drug-likeness (QED) is 0.0618. The van der Waals surface area contributed by atoms with E-state index < -0.39 is 54.5 Å². The number of rotatable bonds is 23. The summed E-state index contributed by atoms with van der Waals surface area (Å²) in [5.41, 5.74) is 5.47. The van der Waals surface area contributed by atoms with Gasteiger partial charge in [0.05, 0.1) is 46.2 Å². The minimum atomic E-state index is -1.07. The number of hydrogen-bond donors (Lipinski definition) is 0. The van der Waals surface area contributed by atoms with Crippen LogP contribution in [0.25, 0.3) is 0 Å². The van der Waals surface area contributed by atoms with Crippen molar-refractivity contribution in [2.24, 2.45) is 0 Å². The molecule has 2 heterocycles. The maximum atomic E-state index is 7.43. The largest absolute Gasteiger partial charge is 0.464 e. The van der Waals surface area contributed by atoms with Gasteiger partial charge in [-0.1, -0.05) is 219 Å². The summed E-state index contributed by atoms with van der Waals surface area (Å²) < 4.78 is 62.9. The Kier molecular flexibility index (Phi) is 18.1. The summed E-state index contributed by atoms with van der Waals surface area (Å²) in [4.78, 5) is 1.02. The molecule has 2 saturated heterocycles. The molecule has 2 fully saturated rings. The molecule has 0 aromatic heterocycles. The van der Waals surface area contributed by atoms with Crippen LogP contribution in [-0.2, 0) is 82.3 Å². The highest BCUT2D eigenvalue weighted by molar-refractivity contribution is 7.99. The van der Waals surface area contributed by atoms with Crippen molar-refractivity contribution in [3.8, 4) is 0 Å². The molecule has 0 saturated carbocycles. The molecule has 0 radical (unpaired) electrons. The fraction of sp³-hybridized carbons (Fsp3) is 0.267. The van der Waals surface area contributed by atoms with E-state index in [0.717, 1.165) is 38.3 Å². The first-order valence-electron chi connectivity index (χ1n) is 23.9. The van der Waals surface area contributed by atoms with Crippen LogP contribution in [0.5, 0.6) is 0 Å². The molecule has 9 rings (SSSR count). The number of hydrogen-bond acceptors (Lipinski definition) is 10. The summed E-state index contributed by atoms with van der Waals surface area (Å²) in [5.74, 6) is 0.350. The van der Waals surface area contributed by atoms with Crippen LogP contribution in [0.1, 0.15) is 33.4 Å². The van der Waals surface area contributed by atoms with Gasteiger partial charge in [-0.15, -0.1) is 0 Å². The molecular weight excluding hydrogens is 897 g/mol. The van der Waals surface area contributed by atoms with E-state index in [1.165, 1.54) is 0 Å². The Labute approximate surface area is 416 Å². The minimum absolute atomic E-state index is 0.169. The van der Waals surface area contributed by atoms with E-state index in [2.05, 4.69) is 43.0 Å².